The molecule has 6 heteroatoms. The molecule has 2 N–H and O–H groups in total. The van der Waals surface area contributed by atoms with Gasteiger partial charge in [-0.1, -0.05) is 15.9 Å². The van der Waals surface area contributed by atoms with Crippen molar-refractivity contribution in [3.8, 4) is 0 Å². The Labute approximate surface area is 125 Å². The van der Waals surface area contributed by atoms with Crippen LogP contribution in [0.25, 0.3) is 0 Å². The smallest absolute Gasteiger partial charge is 0.366 e. The minimum Gasteiger partial charge on any atom is -0.366 e. The van der Waals surface area contributed by atoms with E-state index in [0.717, 1.165) is 25.3 Å². The molecular formula is C14H18BrF3N2. The molecule has 1 aliphatic rings. The zero-order valence-electron chi connectivity index (χ0n) is 11.3. The van der Waals surface area contributed by atoms with Crippen molar-refractivity contribution in [3.05, 3.63) is 28.2 Å². The van der Waals surface area contributed by atoms with Gasteiger partial charge in [0.2, 0.25) is 0 Å². The van der Waals surface area contributed by atoms with Crippen molar-refractivity contribution >= 4 is 21.6 Å². The predicted molar refractivity (Wildman–Crippen MR) is 77.8 cm³/mol. The maximum Gasteiger partial charge on any atom is 0.418 e. The van der Waals surface area contributed by atoms with Crippen LogP contribution in [0.1, 0.15) is 31.7 Å². The molecule has 0 aliphatic carbocycles. The van der Waals surface area contributed by atoms with Gasteiger partial charge in [-0.3, -0.25) is 0 Å². The number of halogens is 4. The van der Waals surface area contributed by atoms with Crippen molar-refractivity contribution in [2.75, 3.05) is 11.4 Å². The van der Waals surface area contributed by atoms with Crippen LogP contribution >= 0.6 is 15.9 Å². The number of hydrogen-bond acceptors (Lipinski definition) is 2. The van der Waals surface area contributed by atoms with E-state index in [9.17, 15) is 13.2 Å². The highest BCUT2D eigenvalue weighted by Gasteiger charge is 2.37. The summed E-state index contributed by atoms with van der Waals surface area (Å²) in [4.78, 5) is 1.82. The minimum atomic E-state index is -4.35. The molecule has 1 fully saturated rings. The normalized spacial score (nSPS) is 21.9. The highest BCUT2D eigenvalue weighted by Crippen LogP contribution is 2.40. The van der Waals surface area contributed by atoms with Crippen LogP contribution in [0.15, 0.2) is 22.7 Å². The average molecular weight is 351 g/mol. The molecule has 1 heterocycles. The fourth-order valence-electron chi connectivity index (χ4n) is 2.79. The van der Waals surface area contributed by atoms with E-state index in [1.807, 2.05) is 11.8 Å². The van der Waals surface area contributed by atoms with Crippen LogP contribution in [0.3, 0.4) is 0 Å². The van der Waals surface area contributed by atoms with Gasteiger partial charge in [0.15, 0.2) is 0 Å². The molecule has 0 radical (unpaired) electrons. The molecule has 0 bridgehead atoms. The molecule has 1 aromatic rings. The lowest BCUT2D eigenvalue weighted by atomic mass is 9.95. The van der Waals surface area contributed by atoms with Gasteiger partial charge in [0.25, 0.3) is 0 Å². The zero-order chi connectivity index (χ0) is 14.9. The van der Waals surface area contributed by atoms with Crippen molar-refractivity contribution in [2.24, 2.45) is 5.73 Å². The van der Waals surface area contributed by atoms with E-state index in [1.54, 1.807) is 6.07 Å². The summed E-state index contributed by atoms with van der Waals surface area (Å²) < 4.78 is 40.2. The predicted octanol–water partition coefficient (Wildman–Crippen LogP) is 4.17. The molecule has 0 spiro atoms. The number of nitrogens with zero attached hydrogens (tertiary/aromatic N) is 1. The Bertz CT molecular complexity index is 474. The van der Waals surface area contributed by atoms with Gasteiger partial charge < -0.3 is 10.6 Å². The van der Waals surface area contributed by atoms with Crippen LogP contribution in [-0.4, -0.2) is 18.6 Å². The number of hydrogen-bond donors (Lipinski definition) is 1. The van der Waals surface area contributed by atoms with Crippen LogP contribution < -0.4 is 10.6 Å². The molecule has 1 aliphatic heterocycles. The number of piperidine rings is 1. The summed E-state index contributed by atoms with van der Waals surface area (Å²) in [5.74, 6) is 0. The van der Waals surface area contributed by atoms with Crippen LogP contribution in [0.2, 0.25) is 0 Å². The molecule has 0 amide bonds. The average Bonchev–Trinajstić information content (AvgIpc) is 2.37. The molecule has 0 saturated carbocycles. The fourth-order valence-corrected chi connectivity index (χ4v) is 3.13. The Morgan fingerprint density at radius 1 is 1.35 bits per heavy atom. The third-order valence-electron chi connectivity index (χ3n) is 3.73. The van der Waals surface area contributed by atoms with Gasteiger partial charge in [-0.2, -0.15) is 13.2 Å². The minimum absolute atomic E-state index is 0.0425. The van der Waals surface area contributed by atoms with Crippen LogP contribution in [-0.2, 0) is 6.18 Å². The molecule has 1 aromatic carbocycles. The summed E-state index contributed by atoms with van der Waals surface area (Å²) in [6.45, 7) is 2.47. The summed E-state index contributed by atoms with van der Waals surface area (Å²) in [5.41, 5.74) is 5.60. The maximum absolute atomic E-state index is 13.2. The van der Waals surface area contributed by atoms with Gasteiger partial charge in [-0.05, 0) is 44.4 Å². The monoisotopic (exact) mass is 350 g/mol. The first-order chi connectivity index (χ1) is 9.30. The Morgan fingerprint density at radius 2 is 2.05 bits per heavy atom. The van der Waals surface area contributed by atoms with E-state index < -0.39 is 11.7 Å². The molecule has 20 heavy (non-hydrogen) atoms. The van der Waals surface area contributed by atoms with E-state index in [-0.39, 0.29) is 17.8 Å². The first kappa shape index (κ1) is 15.6. The quantitative estimate of drug-likeness (QED) is 0.866. The zero-order valence-corrected chi connectivity index (χ0v) is 12.8. The Hall–Kier alpha value is -0.750. The number of benzene rings is 1. The SMILES string of the molecule is CC(N)C1CCCCN1c1cc(Br)ccc1C(F)(F)F. The van der Waals surface area contributed by atoms with Crippen LogP contribution in [0, 0.1) is 0 Å². The first-order valence-corrected chi connectivity index (χ1v) is 7.49. The largest absolute Gasteiger partial charge is 0.418 e. The Morgan fingerprint density at radius 3 is 2.65 bits per heavy atom. The second-order valence-electron chi connectivity index (χ2n) is 5.27. The van der Waals surface area contributed by atoms with Gasteiger partial charge in [0.1, 0.15) is 0 Å². The van der Waals surface area contributed by atoms with E-state index in [4.69, 9.17) is 5.73 Å². The molecular weight excluding hydrogens is 333 g/mol. The molecule has 2 nitrogen and oxygen atoms in total. The van der Waals surface area contributed by atoms with Crippen LogP contribution in [0.4, 0.5) is 18.9 Å². The molecule has 2 rings (SSSR count). The summed E-state index contributed by atoms with van der Waals surface area (Å²) in [5, 5.41) is 0. The maximum atomic E-state index is 13.2. The number of rotatable bonds is 2. The molecule has 112 valence electrons. The summed E-state index contributed by atoms with van der Waals surface area (Å²) in [7, 11) is 0. The second-order valence-corrected chi connectivity index (χ2v) is 6.19. The lowest BCUT2D eigenvalue weighted by Crippen LogP contribution is -2.49. The van der Waals surface area contributed by atoms with Crippen molar-refractivity contribution in [1.82, 2.24) is 0 Å². The van der Waals surface area contributed by atoms with Crippen molar-refractivity contribution in [2.45, 2.75) is 44.4 Å². The standard InChI is InChI=1S/C14H18BrF3N2/c1-9(19)12-4-2-3-7-20(12)13-8-10(15)5-6-11(13)14(16,17)18/h5-6,8-9,12H,2-4,7,19H2,1H3. The molecule has 2 atom stereocenters. The third kappa shape index (κ3) is 3.28. The van der Waals surface area contributed by atoms with Crippen molar-refractivity contribution in [3.63, 3.8) is 0 Å². The van der Waals surface area contributed by atoms with Gasteiger partial charge in [0.05, 0.1) is 11.3 Å². The van der Waals surface area contributed by atoms with Gasteiger partial charge in [0, 0.05) is 23.1 Å². The summed E-state index contributed by atoms with van der Waals surface area (Å²) in [6, 6.07) is 3.90. The van der Waals surface area contributed by atoms with Gasteiger partial charge >= 0.3 is 6.18 Å². The van der Waals surface area contributed by atoms with Gasteiger partial charge in [-0.15, -0.1) is 0 Å². The highest BCUT2D eigenvalue weighted by atomic mass is 79.9. The van der Waals surface area contributed by atoms with Crippen molar-refractivity contribution < 1.29 is 13.2 Å². The third-order valence-corrected chi connectivity index (χ3v) is 4.22. The topological polar surface area (TPSA) is 29.3 Å². The van der Waals surface area contributed by atoms with Crippen LogP contribution in [0.5, 0.6) is 0 Å². The van der Waals surface area contributed by atoms with E-state index in [2.05, 4.69) is 15.9 Å². The number of nitrogens with two attached hydrogens (primary N) is 1. The number of anilines is 1. The van der Waals surface area contributed by atoms with Crippen molar-refractivity contribution in [1.29, 1.82) is 0 Å². The molecule has 0 aromatic heterocycles. The first-order valence-electron chi connectivity index (χ1n) is 6.69. The second kappa shape index (κ2) is 5.93. The number of alkyl halides is 3. The van der Waals surface area contributed by atoms with Gasteiger partial charge in [-0.25, -0.2) is 0 Å². The fraction of sp³-hybridized carbons (Fsp3) is 0.571. The van der Waals surface area contributed by atoms with E-state index in [0.29, 0.717) is 11.0 Å². The highest BCUT2D eigenvalue weighted by molar-refractivity contribution is 9.10. The van der Waals surface area contributed by atoms with E-state index in [1.165, 1.54) is 6.07 Å². The lowest BCUT2D eigenvalue weighted by molar-refractivity contribution is -0.137. The van der Waals surface area contributed by atoms with E-state index >= 15 is 0 Å². The molecule has 1 saturated heterocycles. The molecule has 2 unspecified atom stereocenters. The Balaban J connectivity index is 2.46. The summed E-state index contributed by atoms with van der Waals surface area (Å²) in [6.07, 6.45) is -1.61. The Kier molecular flexibility index (Phi) is 4.64. The summed E-state index contributed by atoms with van der Waals surface area (Å²) >= 11 is 3.26. The lowest BCUT2D eigenvalue weighted by Gasteiger charge is -2.41.